The van der Waals surface area contributed by atoms with E-state index in [2.05, 4.69) is 27.4 Å². The molecule has 0 spiro atoms. The molecule has 0 radical (unpaired) electrons. The lowest BCUT2D eigenvalue weighted by Gasteiger charge is -2.56. The Bertz CT molecular complexity index is 365. The molecule has 0 amide bonds. The van der Waals surface area contributed by atoms with Crippen LogP contribution in [0.25, 0.3) is 0 Å². The van der Waals surface area contributed by atoms with Crippen molar-refractivity contribution < 1.29 is 0 Å². The molecule has 1 rings (SSSR count). The van der Waals surface area contributed by atoms with Gasteiger partial charge in [-0.3, -0.25) is 15.0 Å². The Morgan fingerprint density at radius 1 is 0.667 bits per heavy atom. The summed E-state index contributed by atoms with van der Waals surface area (Å²) in [7, 11) is 19.4. The van der Waals surface area contributed by atoms with Gasteiger partial charge in [0.2, 0.25) is 0 Å². The summed E-state index contributed by atoms with van der Waals surface area (Å²) in [5.41, 5.74) is 0. The van der Waals surface area contributed by atoms with Gasteiger partial charge in [-0.05, 0) is 60.9 Å². The van der Waals surface area contributed by atoms with Gasteiger partial charge in [-0.2, -0.15) is 12.4 Å². The summed E-state index contributed by atoms with van der Waals surface area (Å²) in [6.07, 6.45) is 5.26. The van der Waals surface area contributed by atoms with Crippen LogP contribution in [0.15, 0.2) is 15.0 Å². The van der Waals surface area contributed by atoms with E-state index in [-0.39, 0.29) is 0 Å². The lowest BCUT2D eigenvalue weighted by Crippen LogP contribution is -2.48. The molecule has 0 atom stereocenters. The van der Waals surface area contributed by atoms with Gasteiger partial charge in [-0.15, -0.1) is 0 Å². The van der Waals surface area contributed by atoms with Crippen LogP contribution in [-0.2, 0) is 0 Å². The van der Waals surface area contributed by atoms with Crippen molar-refractivity contribution in [2.24, 2.45) is 15.0 Å². The molecule has 1 aliphatic heterocycles. The highest BCUT2D eigenvalue weighted by atomic mass is 35.7. The first-order valence-corrected chi connectivity index (χ1v) is 13.8. The zero-order valence-electron chi connectivity index (χ0n) is 12.1. The second-order valence-corrected chi connectivity index (χ2v) is 15.7. The first kappa shape index (κ1) is 19.9. The molecule has 3 N–H and O–H groups in total. The number of hydrogen-bond acceptors (Lipinski definition) is 6. The molecule has 6 nitrogen and oxygen atoms in total. The number of nitrogens with one attached hydrogen (secondary N) is 3. The van der Waals surface area contributed by atoms with Gasteiger partial charge in [-0.25, -0.2) is 0 Å². The number of aliphatic imine (C=N–C) groups is 3. The van der Waals surface area contributed by atoms with Crippen LogP contribution in [-0.4, -0.2) is 57.0 Å². The van der Waals surface area contributed by atoms with E-state index in [1.807, 2.05) is 0 Å². The summed E-state index contributed by atoms with van der Waals surface area (Å²) in [6.45, 7) is 0. The summed E-state index contributed by atoms with van der Waals surface area (Å²) in [6, 6.07) is 0. The molecule has 0 aromatic rings. The third-order valence-corrected chi connectivity index (χ3v) is 15.0. The van der Waals surface area contributed by atoms with E-state index in [1.165, 1.54) is 0 Å². The van der Waals surface area contributed by atoms with Crippen molar-refractivity contribution in [3.63, 3.8) is 0 Å². The third kappa shape index (κ3) is 6.44. The molecule has 0 aromatic carbocycles. The fourth-order valence-corrected chi connectivity index (χ4v) is 17.6. The normalized spacial score (nSPS) is 47.1. The highest BCUT2D eigenvalue weighted by Gasteiger charge is 2.44. The number of rotatable bonds is 6. The zero-order valence-corrected chi connectivity index (χ0v) is 16.8. The predicted octanol–water partition coefficient (Wildman–Crippen LogP) is 3.24. The number of nitrogens with zero attached hydrogens (tertiary/aromatic N) is 3. The smallest absolute Gasteiger partial charge is 0.0515 e. The minimum Gasteiger partial charge on any atom is -0.300 e. The van der Waals surface area contributed by atoms with Crippen LogP contribution >= 0.6 is 60.9 Å². The Labute approximate surface area is 144 Å². The van der Waals surface area contributed by atoms with Gasteiger partial charge in [0, 0.05) is 39.8 Å². The van der Waals surface area contributed by atoms with Gasteiger partial charge in [0.05, 0.1) is 17.3 Å². The lowest BCUT2D eigenvalue weighted by molar-refractivity contribution is 1.37. The molecular formula is C9H21Cl3N6S3. The van der Waals surface area contributed by atoms with E-state index < -0.39 is 28.8 Å². The summed E-state index contributed by atoms with van der Waals surface area (Å²) in [5.74, 6) is 1.59. The summed E-state index contributed by atoms with van der Waals surface area (Å²) < 4.78 is 9.88. The Morgan fingerprint density at radius 3 is 1.10 bits per heavy atom. The first-order valence-electron chi connectivity index (χ1n) is 5.89. The van der Waals surface area contributed by atoms with Crippen LogP contribution < -0.4 is 12.4 Å². The molecule has 21 heavy (non-hydrogen) atoms. The lowest BCUT2D eigenvalue weighted by atomic mass is 10.9. The minimum atomic E-state index is -1.93. The maximum atomic E-state index is 6.69. The molecule has 1 heterocycles. The molecule has 1 aliphatic rings. The molecule has 1 saturated heterocycles. The maximum Gasteiger partial charge on any atom is 0.0515 e. The summed E-state index contributed by atoms with van der Waals surface area (Å²) in [4.78, 5) is 12.0. The standard InChI is InChI=1S/C9H21Cl3N6S3/c1-13-4-7-19(10)16-20(11,8-5-14-2)18-21(12,17-19)9-6-15-3/h4-6,16-18H,7-9H2,1-3H3/b13-4+,14-5+,15-6+. The van der Waals surface area contributed by atoms with Crippen LogP contribution in [0.3, 0.4) is 0 Å². The van der Waals surface area contributed by atoms with Gasteiger partial charge < -0.3 is 0 Å². The highest BCUT2D eigenvalue weighted by molar-refractivity contribution is 8.73. The number of hydrogen-bond donors (Lipinski definition) is 3. The average molecular weight is 416 g/mol. The SMILES string of the molecule is C/N=C/CS1(Cl)NS(Cl)(C/C=N/C)NS(Cl)(C/C=N/C)N1. The van der Waals surface area contributed by atoms with Crippen molar-refractivity contribution >= 4 is 79.5 Å². The van der Waals surface area contributed by atoms with Gasteiger partial charge in [-0.1, -0.05) is 0 Å². The molecule has 12 heteroatoms. The van der Waals surface area contributed by atoms with E-state index in [0.29, 0.717) is 17.3 Å². The van der Waals surface area contributed by atoms with Crippen LogP contribution in [0.5, 0.6) is 0 Å². The fraction of sp³-hybridized carbons (Fsp3) is 0.667. The van der Waals surface area contributed by atoms with Crippen LogP contribution in [0, 0.1) is 0 Å². The quantitative estimate of drug-likeness (QED) is 0.583. The van der Waals surface area contributed by atoms with Crippen molar-refractivity contribution in [1.29, 1.82) is 0 Å². The largest absolute Gasteiger partial charge is 0.300 e. The van der Waals surface area contributed by atoms with Gasteiger partial charge in [0.1, 0.15) is 0 Å². The van der Waals surface area contributed by atoms with Crippen molar-refractivity contribution in [3.05, 3.63) is 0 Å². The van der Waals surface area contributed by atoms with E-state index >= 15 is 0 Å². The molecule has 0 unspecified atom stereocenters. The molecular weight excluding hydrogens is 395 g/mol. The predicted molar refractivity (Wildman–Crippen MR) is 108 cm³/mol. The highest BCUT2D eigenvalue weighted by Crippen LogP contribution is 2.72. The molecule has 126 valence electrons. The second-order valence-electron chi connectivity index (χ2n) is 4.03. The van der Waals surface area contributed by atoms with Gasteiger partial charge in [0.25, 0.3) is 0 Å². The molecule has 0 aromatic heterocycles. The topological polar surface area (TPSA) is 73.2 Å². The van der Waals surface area contributed by atoms with E-state index in [9.17, 15) is 0 Å². The second kappa shape index (κ2) is 8.60. The Morgan fingerprint density at radius 2 is 0.905 bits per heavy atom. The van der Waals surface area contributed by atoms with E-state index in [1.54, 1.807) is 39.8 Å². The van der Waals surface area contributed by atoms with Gasteiger partial charge >= 0.3 is 0 Å². The summed E-state index contributed by atoms with van der Waals surface area (Å²) in [5, 5.41) is 0. The van der Waals surface area contributed by atoms with E-state index in [0.717, 1.165) is 0 Å². The Kier molecular flexibility index (Phi) is 8.13. The summed E-state index contributed by atoms with van der Waals surface area (Å²) >= 11 is 0. The molecule has 0 bridgehead atoms. The van der Waals surface area contributed by atoms with E-state index in [4.69, 9.17) is 32.0 Å². The molecule has 1 fully saturated rings. The zero-order chi connectivity index (χ0) is 16.0. The maximum absolute atomic E-state index is 6.69. The number of halogens is 3. The monoisotopic (exact) mass is 414 g/mol. The van der Waals surface area contributed by atoms with Crippen LogP contribution in [0.4, 0.5) is 0 Å². The average Bonchev–Trinajstić information content (AvgIpc) is 2.39. The Hall–Kier alpha value is 0.810. The molecule has 0 saturated carbocycles. The van der Waals surface area contributed by atoms with Gasteiger partial charge in [0.15, 0.2) is 0 Å². The van der Waals surface area contributed by atoms with Crippen molar-refractivity contribution in [2.45, 2.75) is 0 Å². The Balaban J connectivity index is 3.02. The molecule has 0 aliphatic carbocycles. The minimum absolute atomic E-state index is 0.530. The van der Waals surface area contributed by atoms with Crippen LogP contribution in [0.1, 0.15) is 0 Å². The van der Waals surface area contributed by atoms with Crippen molar-refractivity contribution in [1.82, 2.24) is 12.4 Å². The van der Waals surface area contributed by atoms with Crippen LogP contribution in [0.2, 0.25) is 0 Å². The first-order chi connectivity index (χ1) is 9.80. The van der Waals surface area contributed by atoms with Crippen molar-refractivity contribution in [2.75, 3.05) is 38.4 Å². The fourth-order valence-electron chi connectivity index (χ4n) is 1.41. The third-order valence-electron chi connectivity index (χ3n) is 2.25. The van der Waals surface area contributed by atoms with Crippen molar-refractivity contribution in [3.8, 4) is 0 Å².